The van der Waals surface area contributed by atoms with Gasteiger partial charge in [-0.05, 0) is 41.1 Å². The zero-order valence-corrected chi connectivity index (χ0v) is 7.42. The van der Waals surface area contributed by atoms with Crippen LogP contribution in [0.3, 0.4) is 0 Å². The summed E-state index contributed by atoms with van der Waals surface area (Å²) in [5, 5.41) is 0. The van der Waals surface area contributed by atoms with Crippen molar-refractivity contribution in [1.82, 2.24) is 4.98 Å². The van der Waals surface area contributed by atoms with Gasteiger partial charge in [-0.1, -0.05) is 6.92 Å². The fourth-order valence-electron chi connectivity index (χ4n) is 0.616. The van der Waals surface area contributed by atoms with Gasteiger partial charge in [0.05, 0.1) is 0 Å². The van der Waals surface area contributed by atoms with Crippen molar-refractivity contribution in [3.05, 3.63) is 27.6 Å². The van der Waals surface area contributed by atoms with Crippen LogP contribution >= 0.6 is 22.6 Å². The Morgan fingerprint density at radius 2 is 2.33 bits per heavy atom. The smallest absolute Gasteiger partial charge is 0.0404 e. The van der Waals surface area contributed by atoms with E-state index < -0.39 is 0 Å². The molecule has 0 aliphatic rings. The number of rotatable bonds is 1. The molecule has 1 nitrogen and oxygen atoms in total. The molecule has 0 aliphatic carbocycles. The topological polar surface area (TPSA) is 12.9 Å². The molecule has 0 unspecified atom stereocenters. The zero-order valence-electron chi connectivity index (χ0n) is 5.26. The molecule has 0 fully saturated rings. The second-order valence-electron chi connectivity index (χ2n) is 1.82. The molecule has 0 spiro atoms. The van der Waals surface area contributed by atoms with E-state index in [1.165, 1.54) is 3.57 Å². The SMILES string of the molecule is CCc1ccc(I)cn1. The molecule has 48 valence electrons. The summed E-state index contributed by atoms with van der Waals surface area (Å²) in [6, 6.07) is 4.13. The Kier molecular flexibility index (Phi) is 2.45. The predicted molar refractivity (Wildman–Crippen MR) is 46.3 cm³/mol. The largest absolute Gasteiger partial charge is 0.260 e. The van der Waals surface area contributed by atoms with E-state index >= 15 is 0 Å². The minimum Gasteiger partial charge on any atom is -0.260 e. The molecule has 0 saturated carbocycles. The van der Waals surface area contributed by atoms with Crippen molar-refractivity contribution < 1.29 is 0 Å². The van der Waals surface area contributed by atoms with Crippen LogP contribution in [0, 0.1) is 3.57 Å². The van der Waals surface area contributed by atoms with Crippen LogP contribution in [0.15, 0.2) is 18.3 Å². The van der Waals surface area contributed by atoms with Crippen LogP contribution in [-0.4, -0.2) is 4.98 Å². The van der Waals surface area contributed by atoms with Crippen LogP contribution < -0.4 is 0 Å². The van der Waals surface area contributed by atoms with Crippen molar-refractivity contribution in [2.75, 3.05) is 0 Å². The Hall–Kier alpha value is -0.120. The molecule has 0 atom stereocenters. The number of hydrogen-bond acceptors (Lipinski definition) is 1. The summed E-state index contributed by atoms with van der Waals surface area (Å²) in [4.78, 5) is 4.19. The number of aromatic nitrogens is 1. The quantitative estimate of drug-likeness (QED) is 0.678. The molecule has 9 heavy (non-hydrogen) atoms. The maximum atomic E-state index is 4.19. The first kappa shape index (κ1) is 6.99. The van der Waals surface area contributed by atoms with E-state index in [1.807, 2.05) is 6.20 Å². The summed E-state index contributed by atoms with van der Waals surface area (Å²) in [5.41, 5.74) is 1.16. The van der Waals surface area contributed by atoms with E-state index in [0.29, 0.717) is 0 Å². The molecule has 1 aromatic heterocycles. The van der Waals surface area contributed by atoms with E-state index in [2.05, 4.69) is 46.6 Å². The van der Waals surface area contributed by atoms with Crippen molar-refractivity contribution in [1.29, 1.82) is 0 Å². The summed E-state index contributed by atoms with van der Waals surface area (Å²) in [7, 11) is 0. The van der Waals surface area contributed by atoms with Gasteiger partial charge in [0.15, 0.2) is 0 Å². The highest BCUT2D eigenvalue weighted by Gasteiger charge is 1.87. The summed E-state index contributed by atoms with van der Waals surface area (Å²) in [5.74, 6) is 0. The lowest BCUT2D eigenvalue weighted by Gasteiger charge is -1.92. The van der Waals surface area contributed by atoms with Gasteiger partial charge in [0.2, 0.25) is 0 Å². The maximum Gasteiger partial charge on any atom is 0.0404 e. The zero-order chi connectivity index (χ0) is 6.69. The molecule has 0 bridgehead atoms. The first-order valence-corrected chi connectivity index (χ1v) is 4.01. The average molecular weight is 233 g/mol. The predicted octanol–water partition coefficient (Wildman–Crippen LogP) is 2.25. The standard InChI is InChI=1S/C7H8IN/c1-2-7-4-3-6(8)5-9-7/h3-5H,2H2,1H3. The van der Waals surface area contributed by atoms with E-state index in [9.17, 15) is 0 Å². The minimum absolute atomic E-state index is 1.02. The number of hydrogen-bond donors (Lipinski definition) is 0. The van der Waals surface area contributed by atoms with Gasteiger partial charge in [-0.3, -0.25) is 4.98 Å². The van der Waals surface area contributed by atoms with Crippen LogP contribution in [0.4, 0.5) is 0 Å². The molecular formula is C7H8IN. The van der Waals surface area contributed by atoms with Crippen LogP contribution in [0.2, 0.25) is 0 Å². The summed E-state index contributed by atoms with van der Waals surface area (Å²) in [6.07, 6.45) is 2.91. The first-order valence-electron chi connectivity index (χ1n) is 2.93. The summed E-state index contributed by atoms with van der Waals surface area (Å²) in [6.45, 7) is 2.11. The lowest BCUT2D eigenvalue weighted by molar-refractivity contribution is 1.03. The Morgan fingerprint density at radius 1 is 1.56 bits per heavy atom. The molecule has 2 heteroatoms. The molecule has 1 heterocycles. The fourth-order valence-corrected chi connectivity index (χ4v) is 0.935. The summed E-state index contributed by atoms with van der Waals surface area (Å²) >= 11 is 2.25. The van der Waals surface area contributed by atoms with Gasteiger partial charge in [0.1, 0.15) is 0 Å². The Balaban J connectivity index is 2.88. The van der Waals surface area contributed by atoms with Gasteiger partial charge < -0.3 is 0 Å². The second kappa shape index (κ2) is 3.15. The monoisotopic (exact) mass is 233 g/mol. The first-order chi connectivity index (χ1) is 4.33. The highest BCUT2D eigenvalue weighted by molar-refractivity contribution is 14.1. The Labute approximate surface area is 68.6 Å². The third kappa shape index (κ3) is 1.93. The van der Waals surface area contributed by atoms with Gasteiger partial charge in [-0.15, -0.1) is 0 Å². The van der Waals surface area contributed by atoms with Gasteiger partial charge in [-0.2, -0.15) is 0 Å². The Bertz CT molecular complexity index is 181. The van der Waals surface area contributed by atoms with E-state index in [0.717, 1.165) is 12.1 Å². The van der Waals surface area contributed by atoms with Crippen molar-refractivity contribution in [2.45, 2.75) is 13.3 Å². The third-order valence-electron chi connectivity index (χ3n) is 1.15. The van der Waals surface area contributed by atoms with E-state index in [-0.39, 0.29) is 0 Å². The van der Waals surface area contributed by atoms with Crippen molar-refractivity contribution in [3.63, 3.8) is 0 Å². The Morgan fingerprint density at radius 3 is 2.78 bits per heavy atom. The van der Waals surface area contributed by atoms with Gasteiger partial charge in [0.25, 0.3) is 0 Å². The van der Waals surface area contributed by atoms with Crippen LogP contribution in [0.1, 0.15) is 12.6 Å². The lowest BCUT2D eigenvalue weighted by Crippen LogP contribution is -1.84. The molecule has 0 N–H and O–H groups in total. The van der Waals surface area contributed by atoms with Crippen molar-refractivity contribution >= 4 is 22.6 Å². The number of nitrogens with zero attached hydrogens (tertiary/aromatic N) is 1. The van der Waals surface area contributed by atoms with Crippen molar-refractivity contribution in [3.8, 4) is 0 Å². The van der Waals surface area contributed by atoms with Gasteiger partial charge in [0, 0.05) is 15.5 Å². The van der Waals surface area contributed by atoms with Crippen molar-refractivity contribution in [2.24, 2.45) is 0 Å². The van der Waals surface area contributed by atoms with Crippen LogP contribution in [-0.2, 0) is 6.42 Å². The van der Waals surface area contributed by atoms with Crippen LogP contribution in [0.25, 0.3) is 0 Å². The molecule has 0 amide bonds. The van der Waals surface area contributed by atoms with Gasteiger partial charge in [-0.25, -0.2) is 0 Å². The maximum absolute atomic E-state index is 4.19. The highest BCUT2D eigenvalue weighted by atomic mass is 127. The number of pyridine rings is 1. The normalized spacial score (nSPS) is 9.56. The average Bonchev–Trinajstić information content (AvgIpc) is 1.90. The second-order valence-corrected chi connectivity index (χ2v) is 3.07. The number of aryl methyl sites for hydroxylation is 1. The van der Waals surface area contributed by atoms with Crippen LogP contribution in [0.5, 0.6) is 0 Å². The van der Waals surface area contributed by atoms with E-state index in [4.69, 9.17) is 0 Å². The molecule has 0 aromatic carbocycles. The number of halogens is 1. The molecule has 1 rings (SSSR count). The molecular weight excluding hydrogens is 225 g/mol. The summed E-state index contributed by atoms with van der Waals surface area (Å²) < 4.78 is 1.20. The van der Waals surface area contributed by atoms with Gasteiger partial charge >= 0.3 is 0 Å². The fraction of sp³-hybridized carbons (Fsp3) is 0.286. The highest BCUT2D eigenvalue weighted by Crippen LogP contribution is 2.02. The third-order valence-corrected chi connectivity index (χ3v) is 1.79. The van der Waals surface area contributed by atoms with E-state index in [1.54, 1.807) is 0 Å². The minimum atomic E-state index is 1.02. The lowest BCUT2D eigenvalue weighted by atomic mass is 10.3. The molecule has 0 saturated heterocycles. The molecule has 0 radical (unpaired) electrons. The molecule has 0 aliphatic heterocycles. The molecule has 1 aromatic rings.